The highest BCUT2D eigenvalue weighted by atomic mass is 19.3. The van der Waals surface area contributed by atoms with Gasteiger partial charge in [-0.25, -0.2) is 18.4 Å². The summed E-state index contributed by atoms with van der Waals surface area (Å²) in [6.07, 6.45) is -1.40. The van der Waals surface area contributed by atoms with Gasteiger partial charge in [0.05, 0.1) is 14.2 Å². The number of methoxy groups -OCH3 is 2. The van der Waals surface area contributed by atoms with Gasteiger partial charge in [-0.05, 0) is 12.8 Å². The maximum absolute atomic E-state index is 13.0. The highest BCUT2D eigenvalue weighted by Gasteiger charge is 2.38. The number of carbonyl (C=O) groups excluding carboxylic acids is 2. The lowest BCUT2D eigenvalue weighted by Gasteiger charge is -2.27. The van der Waals surface area contributed by atoms with Crippen LogP contribution in [0.2, 0.25) is 0 Å². The molecule has 0 spiro atoms. The maximum atomic E-state index is 13.0. The highest BCUT2D eigenvalue weighted by molar-refractivity contribution is 6.38. The number of carbonyl (C=O) groups is 2. The van der Waals surface area contributed by atoms with Crippen LogP contribution in [-0.2, 0) is 14.3 Å². The zero-order valence-corrected chi connectivity index (χ0v) is 10.2. The number of amides is 1. The van der Waals surface area contributed by atoms with E-state index in [-0.39, 0.29) is 31.4 Å². The zero-order valence-electron chi connectivity index (χ0n) is 10.2. The van der Waals surface area contributed by atoms with E-state index in [2.05, 4.69) is 14.5 Å². The second kappa shape index (κ2) is 5.88. The van der Waals surface area contributed by atoms with Gasteiger partial charge in [-0.15, -0.1) is 0 Å². The summed E-state index contributed by atoms with van der Waals surface area (Å²) in [5.74, 6) is -3.98. The van der Waals surface area contributed by atoms with Crippen molar-refractivity contribution in [1.29, 1.82) is 0 Å². The highest BCUT2D eigenvalue weighted by Crippen LogP contribution is 2.36. The monoisotopic (exact) mass is 263 g/mol. The van der Waals surface area contributed by atoms with Gasteiger partial charge in [0.1, 0.15) is 5.71 Å². The number of halogens is 2. The van der Waals surface area contributed by atoms with E-state index in [0.29, 0.717) is 0 Å². The van der Waals surface area contributed by atoms with Crippen LogP contribution in [0.3, 0.4) is 0 Å². The molecule has 0 N–H and O–H groups in total. The standard InChI is InChI=1S/C11H15F2NO4/c1-17-9(15)8(14-10(16)18-2)7-3-5-11(12,13)6-4-7/h7H,3-6H2,1-2H3/b14-8-. The first kappa shape index (κ1) is 14.5. The van der Waals surface area contributed by atoms with E-state index in [9.17, 15) is 18.4 Å². The number of alkyl halides is 2. The minimum atomic E-state index is -2.71. The maximum Gasteiger partial charge on any atom is 0.433 e. The van der Waals surface area contributed by atoms with Crippen molar-refractivity contribution < 1.29 is 27.8 Å². The molecule has 1 saturated carbocycles. The van der Waals surface area contributed by atoms with Crippen molar-refractivity contribution in [2.45, 2.75) is 31.6 Å². The van der Waals surface area contributed by atoms with E-state index < -0.39 is 23.9 Å². The number of esters is 1. The average Bonchev–Trinajstić information content (AvgIpc) is 2.35. The molecule has 1 fully saturated rings. The molecule has 0 unspecified atom stereocenters. The molecule has 1 aliphatic carbocycles. The topological polar surface area (TPSA) is 65.0 Å². The van der Waals surface area contributed by atoms with Gasteiger partial charge in [0.15, 0.2) is 0 Å². The van der Waals surface area contributed by atoms with E-state index in [1.54, 1.807) is 0 Å². The molecular formula is C11H15F2NO4. The van der Waals surface area contributed by atoms with Gasteiger partial charge in [0.2, 0.25) is 5.92 Å². The Morgan fingerprint density at radius 3 is 2.17 bits per heavy atom. The predicted molar refractivity (Wildman–Crippen MR) is 58.8 cm³/mol. The molecular weight excluding hydrogens is 248 g/mol. The summed E-state index contributed by atoms with van der Waals surface area (Å²) in [6.45, 7) is 0. The summed E-state index contributed by atoms with van der Waals surface area (Å²) >= 11 is 0. The molecule has 0 aromatic rings. The molecule has 102 valence electrons. The summed E-state index contributed by atoms with van der Waals surface area (Å²) in [5, 5.41) is 0. The van der Waals surface area contributed by atoms with Crippen molar-refractivity contribution in [3.63, 3.8) is 0 Å². The summed E-state index contributed by atoms with van der Waals surface area (Å²) in [4.78, 5) is 26.0. The number of hydrogen-bond donors (Lipinski definition) is 0. The Bertz CT molecular complexity index is 358. The number of nitrogens with zero attached hydrogens (tertiary/aromatic N) is 1. The molecule has 5 nitrogen and oxygen atoms in total. The second-order valence-corrected chi connectivity index (χ2v) is 4.09. The first-order valence-corrected chi connectivity index (χ1v) is 5.52. The molecule has 0 atom stereocenters. The first-order valence-electron chi connectivity index (χ1n) is 5.52. The number of aliphatic imine (C=N–C) groups is 1. The number of hydrogen-bond acceptors (Lipinski definition) is 4. The van der Waals surface area contributed by atoms with Gasteiger partial charge in [0.25, 0.3) is 0 Å². The minimum absolute atomic E-state index is 0.0952. The Labute approximate surface area is 103 Å². The fourth-order valence-corrected chi connectivity index (χ4v) is 1.87. The van der Waals surface area contributed by atoms with Crippen molar-refractivity contribution in [2.24, 2.45) is 10.9 Å². The van der Waals surface area contributed by atoms with Crippen molar-refractivity contribution >= 4 is 17.8 Å². The molecule has 1 amide bonds. The van der Waals surface area contributed by atoms with E-state index in [1.165, 1.54) is 0 Å². The Kier molecular flexibility index (Phi) is 4.75. The SMILES string of the molecule is COC(=O)/N=C(\C(=O)OC)C1CCC(F)(F)CC1. The van der Waals surface area contributed by atoms with Crippen LogP contribution < -0.4 is 0 Å². The van der Waals surface area contributed by atoms with E-state index in [1.807, 2.05) is 0 Å². The third-order valence-corrected chi connectivity index (χ3v) is 2.88. The molecule has 0 aromatic carbocycles. The number of ether oxygens (including phenoxy) is 2. The Morgan fingerprint density at radius 2 is 1.72 bits per heavy atom. The average molecular weight is 263 g/mol. The summed E-state index contributed by atoms with van der Waals surface area (Å²) in [5.41, 5.74) is -0.139. The van der Waals surface area contributed by atoms with Crippen molar-refractivity contribution in [3.05, 3.63) is 0 Å². The second-order valence-electron chi connectivity index (χ2n) is 4.09. The molecule has 0 radical (unpaired) electrons. The fourth-order valence-electron chi connectivity index (χ4n) is 1.87. The molecule has 0 saturated heterocycles. The van der Waals surface area contributed by atoms with Gasteiger partial charge < -0.3 is 9.47 Å². The van der Waals surface area contributed by atoms with Crippen LogP contribution in [-0.4, -0.2) is 37.9 Å². The van der Waals surface area contributed by atoms with Gasteiger partial charge in [-0.2, -0.15) is 4.99 Å². The van der Waals surface area contributed by atoms with Gasteiger partial charge in [0, 0.05) is 18.8 Å². The van der Waals surface area contributed by atoms with Crippen molar-refractivity contribution in [3.8, 4) is 0 Å². The van der Waals surface area contributed by atoms with Gasteiger partial charge >= 0.3 is 12.1 Å². The lowest BCUT2D eigenvalue weighted by molar-refractivity contribution is -0.133. The molecule has 0 aliphatic heterocycles. The summed E-state index contributed by atoms with van der Waals surface area (Å²) in [7, 11) is 2.27. The Balaban J connectivity index is 2.82. The molecule has 18 heavy (non-hydrogen) atoms. The molecule has 0 heterocycles. The lowest BCUT2D eigenvalue weighted by Crippen LogP contribution is -2.33. The van der Waals surface area contributed by atoms with Crippen LogP contribution in [0.4, 0.5) is 13.6 Å². The van der Waals surface area contributed by atoms with Crippen LogP contribution in [0.5, 0.6) is 0 Å². The predicted octanol–water partition coefficient (Wildman–Crippen LogP) is 2.19. The third-order valence-electron chi connectivity index (χ3n) is 2.88. The zero-order chi connectivity index (χ0) is 13.8. The van der Waals surface area contributed by atoms with Crippen LogP contribution in [0, 0.1) is 5.92 Å². The van der Waals surface area contributed by atoms with E-state index in [4.69, 9.17) is 0 Å². The first-order chi connectivity index (χ1) is 8.39. The quantitative estimate of drug-likeness (QED) is 0.566. The third kappa shape index (κ3) is 3.75. The van der Waals surface area contributed by atoms with Gasteiger partial charge in [-0.1, -0.05) is 0 Å². The van der Waals surface area contributed by atoms with Crippen LogP contribution >= 0.6 is 0 Å². The number of rotatable bonds is 2. The largest absolute Gasteiger partial charge is 0.465 e. The van der Waals surface area contributed by atoms with E-state index in [0.717, 1.165) is 14.2 Å². The van der Waals surface area contributed by atoms with E-state index >= 15 is 0 Å². The van der Waals surface area contributed by atoms with Crippen LogP contribution in [0.25, 0.3) is 0 Å². The Morgan fingerprint density at radius 1 is 1.17 bits per heavy atom. The normalized spacial score (nSPS) is 20.3. The van der Waals surface area contributed by atoms with Crippen LogP contribution in [0.1, 0.15) is 25.7 Å². The van der Waals surface area contributed by atoms with Gasteiger partial charge in [-0.3, -0.25) is 0 Å². The summed E-state index contributed by atoms with van der Waals surface area (Å²) < 4.78 is 34.8. The summed E-state index contributed by atoms with van der Waals surface area (Å²) in [6, 6.07) is 0. The lowest BCUT2D eigenvalue weighted by atomic mass is 9.83. The smallest absolute Gasteiger partial charge is 0.433 e. The molecule has 7 heteroatoms. The fraction of sp³-hybridized carbons (Fsp3) is 0.727. The van der Waals surface area contributed by atoms with Crippen molar-refractivity contribution in [2.75, 3.05) is 14.2 Å². The molecule has 1 rings (SSSR count). The molecule has 1 aliphatic rings. The minimum Gasteiger partial charge on any atom is -0.465 e. The van der Waals surface area contributed by atoms with Crippen molar-refractivity contribution in [1.82, 2.24) is 0 Å². The van der Waals surface area contributed by atoms with Crippen LogP contribution in [0.15, 0.2) is 4.99 Å². The Hall–Kier alpha value is -1.53. The molecule has 0 bridgehead atoms. The molecule has 0 aromatic heterocycles.